The fraction of sp³-hybridized carbons (Fsp3) is 0.300. The quantitative estimate of drug-likeness (QED) is 0.758. The van der Waals surface area contributed by atoms with Crippen LogP contribution in [0.5, 0.6) is 5.75 Å². The molecule has 8 heteroatoms. The number of ether oxygens (including phenoxy) is 1. The summed E-state index contributed by atoms with van der Waals surface area (Å²) in [6, 6.07) is 13.1. The normalized spacial score (nSPS) is 13.2. The Morgan fingerprint density at radius 2 is 1.86 bits per heavy atom. The predicted molar refractivity (Wildman–Crippen MR) is 103 cm³/mol. The molecule has 0 fully saturated rings. The number of amides is 1. The maximum atomic E-state index is 13.6. The molecule has 0 aliphatic heterocycles. The van der Waals surface area contributed by atoms with Gasteiger partial charge in [0.1, 0.15) is 0 Å². The molecule has 1 amide bonds. The second-order valence-electron chi connectivity index (χ2n) is 6.28. The van der Waals surface area contributed by atoms with Gasteiger partial charge in [-0.25, -0.2) is 17.6 Å². The number of para-hydroxylation sites is 1. The molecule has 0 aromatic heterocycles. The van der Waals surface area contributed by atoms with E-state index >= 15 is 0 Å². The first-order valence-corrected chi connectivity index (χ1v) is 10.4. The van der Waals surface area contributed by atoms with Gasteiger partial charge in [0.05, 0.1) is 22.6 Å². The molecule has 2 atom stereocenters. The van der Waals surface area contributed by atoms with Crippen LogP contribution < -0.4 is 10.1 Å². The molecule has 2 rings (SSSR count). The maximum absolute atomic E-state index is 13.6. The Morgan fingerprint density at radius 3 is 2.43 bits per heavy atom. The molecule has 2 aromatic carbocycles. The molecule has 0 aliphatic rings. The van der Waals surface area contributed by atoms with Crippen molar-refractivity contribution in [1.82, 2.24) is 5.32 Å². The molecule has 0 saturated carbocycles. The SMILES string of the molecule is CCC(CS(=O)(=O)C(C)c1ccc(C#N)cc1)NC(=O)Oc1ccccc1F. The van der Waals surface area contributed by atoms with Crippen LogP contribution in [0.3, 0.4) is 0 Å². The van der Waals surface area contributed by atoms with E-state index in [1.807, 2.05) is 6.07 Å². The molecule has 0 bridgehead atoms. The van der Waals surface area contributed by atoms with E-state index in [0.29, 0.717) is 17.5 Å². The Morgan fingerprint density at radius 1 is 1.21 bits per heavy atom. The van der Waals surface area contributed by atoms with Gasteiger partial charge < -0.3 is 10.1 Å². The van der Waals surface area contributed by atoms with Crippen molar-refractivity contribution in [3.63, 3.8) is 0 Å². The lowest BCUT2D eigenvalue weighted by molar-refractivity contribution is 0.194. The van der Waals surface area contributed by atoms with Crippen LogP contribution in [0.25, 0.3) is 0 Å². The highest BCUT2D eigenvalue weighted by Crippen LogP contribution is 2.24. The average Bonchev–Trinajstić information content (AvgIpc) is 2.68. The van der Waals surface area contributed by atoms with E-state index in [4.69, 9.17) is 10.00 Å². The average molecular weight is 404 g/mol. The highest BCUT2D eigenvalue weighted by Gasteiger charge is 2.27. The van der Waals surface area contributed by atoms with Gasteiger partial charge in [-0.1, -0.05) is 31.2 Å². The number of carbonyl (C=O) groups is 1. The Kier molecular flexibility index (Phi) is 7.12. The minimum atomic E-state index is -3.60. The summed E-state index contributed by atoms with van der Waals surface area (Å²) in [6.07, 6.45) is -0.565. The summed E-state index contributed by atoms with van der Waals surface area (Å²) >= 11 is 0. The Balaban J connectivity index is 2.04. The molecular formula is C20H21FN2O4S. The van der Waals surface area contributed by atoms with Crippen molar-refractivity contribution in [3.8, 4) is 11.8 Å². The van der Waals surface area contributed by atoms with Gasteiger partial charge in [0, 0.05) is 6.04 Å². The standard InChI is InChI=1S/C20H21FN2O4S/c1-3-17(23-20(24)27-19-7-5-4-6-18(19)21)13-28(25,26)14(2)16-10-8-15(12-22)9-11-16/h4-11,14,17H,3,13H2,1-2H3,(H,23,24). The first-order valence-electron chi connectivity index (χ1n) is 8.71. The third-order valence-corrected chi connectivity index (χ3v) is 6.55. The number of halogens is 1. The van der Waals surface area contributed by atoms with Crippen LogP contribution in [0.15, 0.2) is 48.5 Å². The first-order chi connectivity index (χ1) is 13.3. The van der Waals surface area contributed by atoms with Crippen LogP contribution in [-0.2, 0) is 9.84 Å². The van der Waals surface area contributed by atoms with Crippen molar-refractivity contribution in [2.45, 2.75) is 31.6 Å². The predicted octanol–water partition coefficient (Wildman–Crippen LogP) is 3.74. The van der Waals surface area contributed by atoms with Gasteiger partial charge >= 0.3 is 6.09 Å². The van der Waals surface area contributed by atoms with Gasteiger partial charge in [0.25, 0.3) is 0 Å². The molecule has 6 nitrogen and oxygen atoms in total. The van der Waals surface area contributed by atoms with Crippen LogP contribution in [0, 0.1) is 17.1 Å². The molecule has 0 aliphatic carbocycles. The van der Waals surface area contributed by atoms with Crippen molar-refractivity contribution in [2.24, 2.45) is 0 Å². The summed E-state index contributed by atoms with van der Waals surface area (Å²) in [5, 5.41) is 10.5. The summed E-state index contributed by atoms with van der Waals surface area (Å²) in [5.74, 6) is -1.21. The number of nitrogens with zero attached hydrogens (tertiary/aromatic N) is 1. The van der Waals surface area contributed by atoms with Gasteiger partial charge in [-0.15, -0.1) is 0 Å². The monoisotopic (exact) mass is 404 g/mol. The van der Waals surface area contributed by atoms with E-state index in [9.17, 15) is 17.6 Å². The van der Waals surface area contributed by atoms with E-state index in [2.05, 4.69) is 5.32 Å². The van der Waals surface area contributed by atoms with Crippen LogP contribution >= 0.6 is 0 Å². The van der Waals surface area contributed by atoms with Gasteiger partial charge in [0.2, 0.25) is 0 Å². The van der Waals surface area contributed by atoms with E-state index in [-0.39, 0.29) is 11.5 Å². The zero-order valence-corrected chi connectivity index (χ0v) is 16.4. The number of benzene rings is 2. The lowest BCUT2D eigenvalue weighted by Crippen LogP contribution is -2.41. The topological polar surface area (TPSA) is 96.3 Å². The van der Waals surface area contributed by atoms with E-state index in [1.165, 1.54) is 18.2 Å². The zero-order valence-electron chi connectivity index (χ0n) is 15.6. The number of sulfone groups is 1. The number of nitrogens with one attached hydrogen (secondary N) is 1. The largest absolute Gasteiger partial charge is 0.412 e. The summed E-state index contributed by atoms with van der Waals surface area (Å²) in [4.78, 5) is 12.0. The summed E-state index contributed by atoms with van der Waals surface area (Å²) in [7, 11) is -3.60. The van der Waals surface area contributed by atoms with Gasteiger partial charge in [-0.2, -0.15) is 5.26 Å². The Labute approximate surface area is 163 Å². The molecule has 0 heterocycles. The number of carbonyl (C=O) groups excluding carboxylic acids is 1. The molecular weight excluding hydrogens is 383 g/mol. The second-order valence-corrected chi connectivity index (χ2v) is 8.64. The molecule has 28 heavy (non-hydrogen) atoms. The fourth-order valence-electron chi connectivity index (χ4n) is 2.55. The fourth-order valence-corrected chi connectivity index (χ4v) is 4.29. The highest BCUT2D eigenvalue weighted by atomic mass is 32.2. The van der Waals surface area contributed by atoms with E-state index < -0.39 is 33.0 Å². The van der Waals surface area contributed by atoms with Crippen LogP contribution in [0.4, 0.5) is 9.18 Å². The van der Waals surface area contributed by atoms with Crippen LogP contribution in [0.2, 0.25) is 0 Å². The number of hydrogen-bond donors (Lipinski definition) is 1. The molecule has 0 spiro atoms. The zero-order chi connectivity index (χ0) is 20.7. The molecule has 1 N–H and O–H groups in total. The smallest absolute Gasteiger partial charge is 0.407 e. The summed E-state index contributed by atoms with van der Waals surface area (Å²) < 4.78 is 43.9. The highest BCUT2D eigenvalue weighted by molar-refractivity contribution is 7.91. The van der Waals surface area contributed by atoms with Crippen molar-refractivity contribution < 1.29 is 22.3 Å². The lowest BCUT2D eigenvalue weighted by atomic mass is 10.1. The summed E-state index contributed by atoms with van der Waals surface area (Å²) in [6.45, 7) is 3.29. The van der Waals surface area contributed by atoms with E-state index in [0.717, 1.165) is 6.07 Å². The van der Waals surface area contributed by atoms with Crippen LogP contribution in [-0.4, -0.2) is 26.3 Å². The van der Waals surface area contributed by atoms with Crippen LogP contribution in [0.1, 0.15) is 36.6 Å². The van der Waals surface area contributed by atoms with Gasteiger partial charge in [-0.3, -0.25) is 0 Å². The second kappa shape index (κ2) is 9.33. The molecule has 2 unspecified atom stereocenters. The maximum Gasteiger partial charge on any atom is 0.412 e. The molecule has 148 valence electrons. The number of hydrogen-bond acceptors (Lipinski definition) is 5. The van der Waals surface area contributed by atoms with Gasteiger partial charge in [-0.05, 0) is 43.2 Å². The Bertz CT molecular complexity index is 968. The summed E-state index contributed by atoms with van der Waals surface area (Å²) in [5.41, 5.74) is 1.00. The van der Waals surface area contributed by atoms with E-state index in [1.54, 1.807) is 38.1 Å². The minimum Gasteiger partial charge on any atom is -0.407 e. The lowest BCUT2D eigenvalue weighted by Gasteiger charge is -2.20. The first kappa shape index (κ1) is 21.4. The van der Waals surface area contributed by atoms with Crippen molar-refractivity contribution in [1.29, 1.82) is 5.26 Å². The Hall–Kier alpha value is -2.92. The molecule has 0 saturated heterocycles. The van der Waals surface area contributed by atoms with Crippen molar-refractivity contribution >= 4 is 15.9 Å². The third kappa shape index (κ3) is 5.54. The third-order valence-electron chi connectivity index (χ3n) is 4.34. The van der Waals surface area contributed by atoms with Crippen molar-refractivity contribution in [3.05, 3.63) is 65.5 Å². The number of rotatable bonds is 7. The minimum absolute atomic E-state index is 0.233. The number of nitriles is 1. The van der Waals surface area contributed by atoms with Crippen molar-refractivity contribution in [2.75, 3.05) is 5.75 Å². The van der Waals surface area contributed by atoms with Gasteiger partial charge in [0.15, 0.2) is 21.4 Å². The molecule has 2 aromatic rings. The molecule has 0 radical (unpaired) electrons.